The van der Waals surface area contributed by atoms with Crippen molar-refractivity contribution in [3.8, 4) is 0 Å². The molecule has 0 heterocycles. The molecule has 0 aromatic heterocycles. The van der Waals surface area contributed by atoms with Gasteiger partial charge in [0.2, 0.25) is 0 Å². The molecule has 2 rings (SSSR count). The number of aliphatic carboxylic acids is 1. The monoisotopic (exact) mass is 289 g/mol. The number of rotatable bonds is 6. The highest BCUT2D eigenvalue weighted by Gasteiger charge is 2.28. The summed E-state index contributed by atoms with van der Waals surface area (Å²) in [6, 6.07) is 11.0. The molecule has 1 aromatic rings. The van der Waals surface area contributed by atoms with Crippen LogP contribution in [0.1, 0.15) is 46.0 Å². The van der Waals surface area contributed by atoms with Gasteiger partial charge in [-0.05, 0) is 49.7 Å². The van der Waals surface area contributed by atoms with E-state index in [2.05, 4.69) is 43.0 Å². The van der Waals surface area contributed by atoms with Crippen molar-refractivity contribution in [1.82, 2.24) is 0 Å². The number of anilines is 1. The van der Waals surface area contributed by atoms with Crippen LogP contribution in [0.4, 0.5) is 5.69 Å². The lowest BCUT2D eigenvalue weighted by Crippen LogP contribution is -2.41. The zero-order valence-electron chi connectivity index (χ0n) is 13.2. The largest absolute Gasteiger partial charge is 0.481 e. The van der Waals surface area contributed by atoms with Crippen molar-refractivity contribution in [1.29, 1.82) is 0 Å². The van der Waals surface area contributed by atoms with Crippen molar-refractivity contribution in [3.63, 3.8) is 0 Å². The van der Waals surface area contributed by atoms with Gasteiger partial charge in [0.1, 0.15) is 0 Å². The lowest BCUT2D eigenvalue weighted by Gasteiger charge is -2.40. The van der Waals surface area contributed by atoms with E-state index in [1.807, 2.05) is 6.07 Å². The van der Waals surface area contributed by atoms with Crippen LogP contribution in [-0.4, -0.2) is 23.7 Å². The third-order valence-corrected chi connectivity index (χ3v) is 4.89. The minimum atomic E-state index is -0.700. The summed E-state index contributed by atoms with van der Waals surface area (Å²) in [7, 11) is 0. The number of benzene rings is 1. The zero-order chi connectivity index (χ0) is 15.2. The van der Waals surface area contributed by atoms with Crippen LogP contribution in [0.2, 0.25) is 0 Å². The van der Waals surface area contributed by atoms with Crippen LogP contribution in [-0.2, 0) is 4.79 Å². The second kappa shape index (κ2) is 7.48. The van der Waals surface area contributed by atoms with Gasteiger partial charge in [-0.1, -0.05) is 32.0 Å². The minimum absolute atomic E-state index is 0.252. The fraction of sp³-hybridized carbons (Fsp3) is 0.611. The number of nitrogens with zero attached hydrogens (tertiary/aromatic N) is 1. The topological polar surface area (TPSA) is 40.5 Å². The smallest absolute Gasteiger partial charge is 0.303 e. The van der Waals surface area contributed by atoms with E-state index in [1.165, 1.54) is 24.9 Å². The van der Waals surface area contributed by atoms with Crippen molar-refractivity contribution >= 4 is 11.7 Å². The highest BCUT2D eigenvalue weighted by Crippen LogP contribution is 2.34. The molecule has 1 fully saturated rings. The van der Waals surface area contributed by atoms with Gasteiger partial charge in [0.05, 0.1) is 0 Å². The van der Waals surface area contributed by atoms with Crippen LogP contribution in [0, 0.1) is 11.8 Å². The molecule has 1 saturated carbocycles. The summed E-state index contributed by atoms with van der Waals surface area (Å²) in [6.45, 7) is 5.53. The Kier molecular flexibility index (Phi) is 5.66. The second-order valence-corrected chi connectivity index (χ2v) is 6.45. The maximum absolute atomic E-state index is 10.8. The van der Waals surface area contributed by atoms with Gasteiger partial charge in [-0.15, -0.1) is 0 Å². The molecule has 0 saturated heterocycles. The van der Waals surface area contributed by atoms with Crippen molar-refractivity contribution in [3.05, 3.63) is 30.3 Å². The molecule has 1 aromatic carbocycles. The third-order valence-electron chi connectivity index (χ3n) is 4.89. The average Bonchev–Trinajstić information content (AvgIpc) is 2.47. The first-order valence-corrected chi connectivity index (χ1v) is 8.11. The quantitative estimate of drug-likeness (QED) is 0.854. The Balaban J connectivity index is 2.06. The van der Waals surface area contributed by atoms with Crippen molar-refractivity contribution in [2.45, 2.75) is 52.0 Å². The lowest BCUT2D eigenvalue weighted by atomic mass is 9.78. The highest BCUT2D eigenvalue weighted by molar-refractivity contribution is 5.66. The molecule has 1 N–H and O–H groups in total. The summed E-state index contributed by atoms with van der Waals surface area (Å²) in [6.07, 6.45) is 4.66. The summed E-state index contributed by atoms with van der Waals surface area (Å²) >= 11 is 0. The van der Waals surface area contributed by atoms with E-state index in [4.69, 9.17) is 5.11 Å². The predicted molar refractivity (Wildman–Crippen MR) is 86.6 cm³/mol. The Bertz CT molecular complexity index is 446. The molecule has 3 atom stereocenters. The van der Waals surface area contributed by atoms with E-state index in [0.29, 0.717) is 12.5 Å². The Morgan fingerprint density at radius 1 is 1.19 bits per heavy atom. The van der Waals surface area contributed by atoms with Crippen LogP contribution in [0.15, 0.2) is 30.3 Å². The van der Waals surface area contributed by atoms with Crippen molar-refractivity contribution < 1.29 is 9.90 Å². The summed E-state index contributed by atoms with van der Waals surface area (Å²) in [5.41, 5.74) is 1.23. The lowest BCUT2D eigenvalue weighted by molar-refractivity contribution is -0.137. The van der Waals surface area contributed by atoms with E-state index in [-0.39, 0.29) is 6.42 Å². The molecule has 0 bridgehead atoms. The van der Waals surface area contributed by atoms with E-state index in [0.717, 1.165) is 18.4 Å². The number of carbonyl (C=O) groups is 1. The van der Waals surface area contributed by atoms with Crippen LogP contribution >= 0.6 is 0 Å². The molecule has 0 amide bonds. The Morgan fingerprint density at radius 2 is 1.90 bits per heavy atom. The van der Waals surface area contributed by atoms with Gasteiger partial charge in [-0.3, -0.25) is 4.79 Å². The van der Waals surface area contributed by atoms with Gasteiger partial charge in [-0.25, -0.2) is 0 Å². The summed E-state index contributed by atoms with van der Waals surface area (Å²) in [5.74, 6) is 0.848. The van der Waals surface area contributed by atoms with Gasteiger partial charge in [0, 0.05) is 24.7 Å². The van der Waals surface area contributed by atoms with Gasteiger partial charge in [0.15, 0.2) is 0 Å². The Labute approximate surface area is 128 Å². The number of hydrogen-bond donors (Lipinski definition) is 1. The molecule has 0 radical (unpaired) electrons. The molecular weight excluding hydrogens is 262 g/mol. The maximum Gasteiger partial charge on any atom is 0.303 e. The fourth-order valence-corrected chi connectivity index (χ4v) is 3.34. The van der Waals surface area contributed by atoms with Crippen LogP contribution < -0.4 is 4.90 Å². The SMILES string of the molecule is CC1CCC(N(CCCC(=O)O)c2ccccc2)CC1C. The van der Waals surface area contributed by atoms with Gasteiger partial charge in [0.25, 0.3) is 0 Å². The van der Waals surface area contributed by atoms with E-state index >= 15 is 0 Å². The molecule has 1 aliphatic carbocycles. The normalized spacial score (nSPS) is 25.5. The first-order valence-electron chi connectivity index (χ1n) is 8.11. The number of carboxylic acid groups (broad SMARTS) is 1. The van der Waals surface area contributed by atoms with E-state index < -0.39 is 5.97 Å². The molecule has 1 aliphatic rings. The summed E-state index contributed by atoms with van der Waals surface area (Å²) in [5, 5.41) is 8.87. The number of para-hydroxylation sites is 1. The molecule has 3 unspecified atom stereocenters. The average molecular weight is 289 g/mol. The van der Waals surface area contributed by atoms with E-state index in [9.17, 15) is 4.79 Å². The third kappa shape index (κ3) is 4.48. The maximum atomic E-state index is 10.8. The highest BCUT2D eigenvalue weighted by atomic mass is 16.4. The van der Waals surface area contributed by atoms with Gasteiger partial charge < -0.3 is 10.0 Å². The van der Waals surface area contributed by atoms with Crippen LogP contribution in [0.25, 0.3) is 0 Å². The first-order chi connectivity index (χ1) is 10.1. The predicted octanol–water partition coefficient (Wildman–Crippen LogP) is 4.18. The fourth-order valence-electron chi connectivity index (χ4n) is 3.34. The molecule has 3 heteroatoms. The van der Waals surface area contributed by atoms with Crippen molar-refractivity contribution in [2.75, 3.05) is 11.4 Å². The van der Waals surface area contributed by atoms with E-state index in [1.54, 1.807) is 0 Å². The second-order valence-electron chi connectivity index (χ2n) is 6.45. The molecule has 0 spiro atoms. The Hall–Kier alpha value is -1.51. The van der Waals surface area contributed by atoms with Crippen LogP contribution in [0.5, 0.6) is 0 Å². The Morgan fingerprint density at radius 3 is 2.52 bits per heavy atom. The summed E-state index contributed by atoms with van der Waals surface area (Å²) in [4.78, 5) is 13.2. The number of carboxylic acids is 1. The first kappa shape index (κ1) is 15.9. The molecule has 3 nitrogen and oxygen atoms in total. The standard InChI is InChI=1S/C18H27NO2/c1-14-10-11-17(13-15(14)2)19(12-6-9-18(20)21)16-7-4-3-5-8-16/h3-5,7-8,14-15,17H,6,9-13H2,1-2H3,(H,20,21). The molecule has 21 heavy (non-hydrogen) atoms. The van der Waals surface area contributed by atoms with Crippen molar-refractivity contribution in [2.24, 2.45) is 11.8 Å². The summed E-state index contributed by atoms with van der Waals surface area (Å²) < 4.78 is 0. The zero-order valence-corrected chi connectivity index (χ0v) is 13.2. The van der Waals surface area contributed by atoms with Crippen LogP contribution in [0.3, 0.4) is 0 Å². The van der Waals surface area contributed by atoms with Gasteiger partial charge >= 0.3 is 5.97 Å². The molecular formula is C18H27NO2. The minimum Gasteiger partial charge on any atom is -0.481 e. The van der Waals surface area contributed by atoms with Gasteiger partial charge in [-0.2, -0.15) is 0 Å². The molecule has 0 aliphatic heterocycles. The molecule has 116 valence electrons. The number of hydrogen-bond acceptors (Lipinski definition) is 2.